The number of hydrogen-bond acceptors (Lipinski definition) is 6. The van der Waals surface area contributed by atoms with Gasteiger partial charge in [0.15, 0.2) is 4.34 Å². The Labute approximate surface area is 161 Å². The molecule has 0 atom stereocenters. The van der Waals surface area contributed by atoms with Crippen LogP contribution in [0.4, 0.5) is 16.5 Å². The SMILES string of the molecule is Cc1cccc(Nc2nnc(SCC(=O)Nc3ccc(C)c(C)c3)s2)c1. The van der Waals surface area contributed by atoms with E-state index in [1.54, 1.807) is 0 Å². The molecule has 1 amide bonds. The van der Waals surface area contributed by atoms with Gasteiger partial charge in [-0.05, 0) is 61.7 Å². The second-order valence-electron chi connectivity index (χ2n) is 6.00. The second-order valence-corrected chi connectivity index (χ2v) is 8.20. The van der Waals surface area contributed by atoms with Crippen molar-refractivity contribution in [1.82, 2.24) is 10.2 Å². The molecule has 0 saturated heterocycles. The second kappa shape index (κ2) is 8.33. The quantitative estimate of drug-likeness (QED) is 0.589. The van der Waals surface area contributed by atoms with Crippen molar-refractivity contribution in [2.24, 2.45) is 0 Å². The average Bonchev–Trinajstić information content (AvgIpc) is 3.04. The van der Waals surface area contributed by atoms with Gasteiger partial charge in [0.2, 0.25) is 11.0 Å². The molecule has 0 spiro atoms. The third kappa shape index (κ3) is 5.06. The summed E-state index contributed by atoms with van der Waals surface area (Å²) in [7, 11) is 0. The first kappa shape index (κ1) is 18.4. The number of amides is 1. The van der Waals surface area contributed by atoms with Crippen LogP contribution in [0.3, 0.4) is 0 Å². The summed E-state index contributed by atoms with van der Waals surface area (Å²) >= 11 is 2.82. The van der Waals surface area contributed by atoms with Gasteiger partial charge in [-0.25, -0.2) is 0 Å². The largest absolute Gasteiger partial charge is 0.330 e. The summed E-state index contributed by atoms with van der Waals surface area (Å²) in [6.07, 6.45) is 0. The summed E-state index contributed by atoms with van der Waals surface area (Å²) in [6.45, 7) is 6.12. The minimum Gasteiger partial charge on any atom is -0.330 e. The standard InChI is InChI=1S/C19H20N4OS2/c1-12-5-4-6-15(9-12)21-18-22-23-19(26-18)25-11-17(24)20-16-8-7-13(2)14(3)10-16/h4-10H,11H2,1-3H3,(H,20,24)(H,21,22). The number of nitrogens with one attached hydrogen (secondary N) is 2. The molecule has 1 aromatic heterocycles. The Hall–Kier alpha value is -2.38. The van der Waals surface area contributed by atoms with Gasteiger partial charge < -0.3 is 10.6 Å². The molecule has 2 aromatic carbocycles. The van der Waals surface area contributed by atoms with E-state index in [4.69, 9.17) is 0 Å². The van der Waals surface area contributed by atoms with Crippen LogP contribution in [-0.4, -0.2) is 21.9 Å². The summed E-state index contributed by atoms with van der Waals surface area (Å²) < 4.78 is 0.760. The van der Waals surface area contributed by atoms with Crippen LogP contribution >= 0.6 is 23.1 Å². The van der Waals surface area contributed by atoms with Gasteiger partial charge in [-0.2, -0.15) is 0 Å². The highest BCUT2D eigenvalue weighted by molar-refractivity contribution is 8.01. The minimum atomic E-state index is -0.0540. The lowest BCUT2D eigenvalue weighted by atomic mass is 10.1. The highest BCUT2D eigenvalue weighted by Gasteiger charge is 2.09. The highest BCUT2D eigenvalue weighted by atomic mass is 32.2. The van der Waals surface area contributed by atoms with E-state index in [-0.39, 0.29) is 5.91 Å². The summed E-state index contributed by atoms with van der Waals surface area (Å²) in [6, 6.07) is 14.0. The van der Waals surface area contributed by atoms with Crippen LogP contribution in [0.15, 0.2) is 46.8 Å². The number of aryl methyl sites for hydroxylation is 3. The van der Waals surface area contributed by atoms with Crippen LogP contribution < -0.4 is 10.6 Å². The summed E-state index contributed by atoms with van der Waals surface area (Å²) in [5.74, 6) is 0.244. The first-order valence-electron chi connectivity index (χ1n) is 8.17. The monoisotopic (exact) mass is 384 g/mol. The zero-order valence-corrected chi connectivity index (χ0v) is 16.5. The zero-order valence-electron chi connectivity index (χ0n) is 14.9. The van der Waals surface area contributed by atoms with E-state index in [2.05, 4.69) is 27.8 Å². The topological polar surface area (TPSA) is 66.9 Å². The molecular weight excluding hydrogens is 364 g/mol. The molecule has 0 saturated carbocycles. The molecule has 0 fully saturated rings. The first-order chi connectivity index (χ1) is 12.5. The molecule has 0 unspecified atom stereocenters. The number of hydrogen-bond donors (Lipinski definition) is 2. The number of nitrogens with zero attached hydrogens (tertiary/aromatic N) is 2. The Morgan fingerprint density at radius 1 is 1.04 bits per heavy atom. The van der Waals surface area contributed by atoms with Gasteiger partial charge in [0.05, 0.1) is 5.75 Å². The number of thioether (sulfide) groups is 1. The van der Waals surface area contributed by atoms with E-state index in [0.717, 1.165) is 21.3 Å². The lowest BCUT2D eigenvalue weighted by molar-refractivity contribution is -0.113. The third-order valence-corrected chi connectivity index (χ3v) is 5.77. The summed E-state index contributed by atoms with van der Waals surface area (Å²) in [5.41, 5.74) is 5.34. The Bertz CT molecular complexity index is 923. The molecule has 7 heteroatoms. The van der Waals surface area contributed by atoms with E-state index in [0.29, 0.717) is 10.9 Å². The number of benzene rings is 2. The number of anilines is 3. The molecule has 0 bridgehead atoms. The Morgan fingerprint density at radius 2 is 1.88 bits per heavy atom. The van der Waals surface area contributed by atoms with E-state index < -0.39 is 0 Å². The van der Waals surface area contributed by atoms with E-state index >= 15 is 0 Å². The van der Waals surface area contributed by atoms with Crippen molar-refractivity contribution < 1.29 is 4.79 Å². The smallest absolute Gasteiger partial charge is 0.234 e. The Morgan fingerprint density at radius 3 is 2.65 bits per heavy atom. The van der Waals surface area contributed by atoms with E-state index in [1.807, 2.05) is 56.3 Å². The fourth-order valence-corrected chi connectivity index (χ4v) is 3.88. The van der Waals surface area contributed by atoms with Crippen LogP contribution in [0.5, 0.6) is 0 Å². The fourth-order valence-electron chi connectivity index (χ4n) is 2.31. The van der Waals surface area contributed by atoms with Crippen LogP contribution in [0.2, 0.25) is 0 Å². The van der Waals surface area contributed by atoms with Crippen molar-refractivity contribution >= 4 is 45.5 Å². The number of carbonyl (C=O) groups is 1. The van der Waals surface area contributed by atoms with Gasteiger partial charge in [-0.1, -0.05) is 41.3 Å². The maximum Gasteiger partial charge on any atom is 0.234 e. The van der Waals surface area contributed by atoms with Gasteiger partial charge >= 0.3 is 0 Å². The van der Waals surface area contributed by atoms with Crippen molar-refractivity contribution in [3.8, 4) is 0 Å². The Balaban J connectivity index is 1.52. The molecule has 3 aromatic rings. The summed E-state index contributed by atoms with van der Waals surface area (Å²) in [4.78, 5) is 12.1. The van der Waals surface area contributed by atoms with Crippen molar-refractivity contribution in [1.29, 1.82) is 0 Å². The molecule has 2 N–H and O–H groups in total. The number of carbonyl (C=O) groups excluding carboxylic acids is 1. The fraction of sp³-hybridized carbons (Fsp3) is 0.211. The van der Waals surface area contributed by atoms with Crippen molar-refractivity contribution in [2.45, 2.75) is 25.1 Å². The van der Waals surface area contributed by atoms with Crippen LogP contribution in [0.25, 0.3) is 0 Å². The van der Waals surface area contributed by atoms with Crippen molar-refractivity contribution in [3.05, 3.63) is 59.2 Å². The molecular formula is C19H20N4OS2. The predicted octanol–water partition coefficient (Wildman–Crippen LogP) is 4.94. The van der Waals surface area contributed by atoms with Gasteiger partial charge in [0, 0.05) is 11.4 Å². The maximum absolute atomic E-state index is 12.1. The van der Waals surface area contributed by atoms with Gasteiger partial charge in [-0.3, -0.25) is 4.79 Å². The molecule has 0 aliphatic rings. The molecule has 134 valence electrons. The minimum absolute atomic E-state index is 0.0540. The number of rotatable bonds is 6. The van der Waals surface area contributed by atoms with Crippen LogP contribution in [0, 0.1) is 20.8 Å². The third-order valence-electron chi connectivity index (χ3n) is 3.79. The summed E-state index contributed by atoms with van der Waals surface area (Å²) in [5, 5.41) is 15.1. The van der Waals surface area contributed by atoms with E-state index in [9.17, 15) is 4.79 Å². The van der Waals surface area contributed by atoms with Crippen LogP contribution in [-0.2, 0) is 4.79 Å². The van der Waals surface area contributed by atoms with Crippen molar-refractivity contribution in [3.63, 3.8) is 0 Å². The average molecular weight is 385 g/mol. The zero-order chi connectivity index (χ0) is 18.5. The molecule has 5 nitrogen and oxygen atoms in total. The van der Waals surface area contributed by atoms with Gasteiger partial charge in [0.1, 0.15) is 0 Å². The molecule has 3 rings (SSSR count). The first-order valence-corrected chi connectivity index (χ1v) is 9.97. The lowest BCUT2D eigenvalue weighted by Gasteiger charge is -2.06. The van der Waals surface area contributed by atoms with Gasteiger partial charge in [-0.15, -0.1) is 10.2 Å². The van der Waals surface area contributed by atoms with Gasteiger partial charge in [0.25, 0.3) is 0 Å². The molecule has 26 heavy (non-hydrogen) atoms. The lowest BCUT2D eigenvalue weighted by Crippen LogP contribution is -2.14. The molecule has 0 radical (unpaired) electrons. The molecule has 1 heterocycles. The van der Waals surface area contributed by atoms with Crippen molar-refractivity contribution in [2.75, 3.05) is 16.4 Å². The van der Waals surface area contributed by atoms with E-state index in [1.165, 1.54) is 34.2 Å². The predicted molar refractivity (Wildman–Crippen MR) is 110 cm³/mol. The molecule has 0 aliphatic heterocycles. The maximum atomic E-state index is 12.1. The molecule has 0 aliphatic carbocycles. The Kier molecular flexibility index (Phi) is 5.90. The normalized spacial score (nSPS) is 10.6. The van der Waals surface area contributed by atoms with Crippen LogP contribution in [0.1, 0.15) is 16.7 Å². The number of aromatic nitrogens is 2. The highest BCUT2D eigenvalue weighted by Crippen LogP contribution is 2.28.